The largest absolute Gasteiger partial charge is 0.338 e. The van der Waals surface area contributed by atoms with Crippen molar-refractivity contribution in [3.05, 3.63) is 47.5 Å². The monoisotopic (exact) mass is 359 g/mol. The fraction of sp³-hybridized carbons (Fsp3) is 0.389. The molecule has 7 nitrogen and oxygen atoms in total. The molecule has 1 saturated heterocycles. The molecule has 1 aliphatic rings. The topological polar surface area (TPSA) is 90.1 Å². The molecule has 1 fully saturated rings. The van der Waals surface area contributed by atoms with Crippen LogP contribution in [-0.4, -0.2) is 46.7 Å². The molecule has 0 radical (unpaired) electrons. The van der Waals surface area contributed by atoms with Crippen LogP contribution in [0.3, 0.4) is 0 Å². The van der Waals surface area contributed by atoms with Gasteiger partial charge in [-0.2, -0.15) is 5.10 Å². The van der Waals surface area contributed by atoms with E-state index in [1.54, 1.807) is 17.2 Å². The van der Waals surface area contributed by atoms with E-state index in [4.69, 9.17) is 0 Å². The maximum atomic E-state index is 13.4. The lowest BCUT2D eigenvalue weighted by Gasteiger charge is -2.32. The molecule has 2 aromatic rings. The second-order valence-electron chi connectivity index (χ2n) is 6.28. The van der Waals surface area contributed by atoms with Gasteiger partial charge in [-0.05, 0) is 38.0 Å². The van der Waals surface area contributed by atoms with Crippen molar-refractivity contribution in [2.75, 3.05) is 25.0 Å². The molecule has 0 bridgehead atoms. The Morgan fingerprint density at radius 3 is 3.04 bits per heavy atom. The zero-order valence-corrected chi connectivity index (χ0v) is 14.6. The summed E-state index contributed by atoms with van der Waals surface area (Å²) in [7, 11) is 0. The van der Waals surface area contributed by atoms with E-state index >= 15 is 0 Å². The summed E-state index contributed by atoms with van der Waals surface area (Å²) in [5, 5.41) is 12.4. The van der Waals surface area contributed by atoms with Crippen molar-refractivity contribution in [1.29, 1.82) is 0 Å². The summed E-state index contributed by atoms with van der Waals surface area (Å²) in [6.45, 7) is 3.48. The molecule has 2 heterocycles. The highest BCUT2D eigenvalue weighted by atomic mass is 19.1. The molecular weight excluding hydrogens is 337 g/mol. The minimum Gasteiger partial charge on any atom is -0.338 e. The fourth-order valence-electron chi connectivity index (χ4n) is 3.24. The number of likely N-dealkylation sites (tertiary alicyclic amines) is 1. The number of piperidine rings is 1. The summed E-state index contributed by atoms with van der Waals surface area (Å²) >= 11 is 0. The number of rotatable bonds is 4. The number of aromatic amines is 1. The first-order chi connectivity index (χ1) is 12.6. The molecule has 26 heavy (non-hydrogen) atoms. The third kappa shape index (κ3) is 4.01. The molecular formula is C18H22FN5O2. The van der Waals surface area contributed by atoms with Gasteiger partial charge in [0, 0.05) is 31.1 Å². The minimum atomic E-state index is -0.425. The molecule has 1 aromatic heterocycles. The number of urea groups is 1. The smallest absolute Gasteiger partial charge is 0.319 e. The number of nitrogens with one attached hydrogen (secondary N) is 3. The Kier molecular flexibility index (Phi) is 5.50. The maximum Gasteiger partial charge on any atom is 0.319 e. The number of hydrogen-bond donors (Lipinski definition) is 3. The van der Waals surface area contributed by atoms with E-state index in [2.05, 4.69) is 20.8 Å². The van der Waals surface area contributed by atoms with Crippen LogP contribution < -0.4 is 10.6 Å². The minimum absolute atomic E-state index is 0.0284. The zero-order valence-electron chi connectivity index (χ0n) is 14.6. The Morgan fingerprint density at radius 2 is 2.27 bits per heavy atom. The molecule has 138 valence electrons. The third-order valence-corrected chi connectivity index (χ3v) is 4.44. The number of benzene rings is 1. The Bertz CT molecular complexity index is 791. The number of anilines is 1. The van der Waals surface area contributed by atoms with E-state index in [0.29, 0.717) is 30.9 Å². The van der Waals surface area contributed by atoms with Gasteiger partial charge in [0.2, 0.25) is 0 Å². The summed E-state index contributed by atoms with van der Waals surface area (Å²) in [5.41, 5.74) is 1.75. The van der Waals surface area contributed by atoms with Gasteiger partial charge in [-0.15, -0.1) is 0 Å². The van der Waals surface area contributed by atoms with E-state index in [9.17, 15) is 14.0 Å². The average Bonchev–Trinajstić information content (AvgIpc) is 3.09. The lowest BCUT2D eigenvalue weighted by Crippen LogP contribution is -2.39. The van der Waals surface area contributed by atoms with Crippen LogP contribution in [0.5, 0.6) is 0 Å². The molecule has 8 heteroatoms. The van der Waals surface area contributed by atoms with E-state index in [-0.39, 0.29) is 17.9 Å². The molecule has 1 aromatic carbocycles. The van der Waals surface area contributed by atoms with Gasteiger partial charge in [-0.25, -0.2) is 9.18 Å². The first kappa shape index (κ1) is 17.9. The van der Waals surface area contributed by atoms with Gasteiger partial charge in [-0.1, -0.05) is 6.07 Å². The summed E-state index contributed by atoms with van der Waals surface area (Å²) < 4.78 is 13.4. The van der Waals surface area contributed by atoms with Crippen LogP contribution >= 0.6 is 0 Å². The van der Waals surface area contributed by atoms with Crippen LogP contribution in [0.1, 0.15) is 41.7 Å². The summed E-state index contributed by atoms with van der Waals surface area (Å²) in [4.78, 5) is 26.2. The molecule has 1 aliphatic heterocycles. The van der Waals surface area contributed by atoms with Gasteiger partial charge in [0.15, 0.2) is 0 Å². The van der Waals surface area contributed by atoms with Crippen LogP contribution in [0.4, 0.5) is 14.9 Å². The lowest BCUT2D eigenvalue weighted by molar-refractivity contribution is 0.0705. The van der Waals surface area contributed by atoms with Gasteiger partial charge in [0.05, 0.1) is 17.6 Å². The third-order valence-electron chi connectivity index (χ3n) is 4.44. The molecule has 0 aliphatic carbocycles. The maximum absolute atomic E-state index is 13.4. The Hall–Kier alpha value is -2.90. The van der Waals surface area contributed by atoms with Crippen LogP contribution in [-0.2, 0) is 0 Å². The van der Waals surface area contributed by atoms with E-state index in [1.807, 2.05) is 6.92 Å². The average molecular weight is 359 g/mol. The van der Waals surface area contributed by atoms with E-state index in [1.165, 1.54) is 18.2 Å². The molecule has 0 saturated carbocycles. The molecule has 3 rings (SSSR count). The highest BCUT2D eigenvalue weighted by Crippen LogP contribution is 2.31. The summed E-state index contributed by atoms with van der Waals surface area (Å²) in [5.74, 6) is -0.584. The Morgan fingerprint density at radius 1 is 1.42 bits per heavy atom. The van der Waals surface area contributed by atoms with Crippen LogP contribution in [0, 0.1) is 5.82 Å². The van der Waals surface area contributed by atoms with Gasteiger partial charge in [-0.3, -0.25) is 9.89 Å². The number of amides is 3. The van der Waals surface area contributed by atoms with Crippen molar-refractivity contribution in [2.45, 2.75) is 25.7 Å². The summed E-state index contributed by atoms with van der Waals surface area (Å²) in [6.07, 6.45) is 3.27. The number of hydrogen-bond acceptors (Lipinski definition) is 3. The number of carbonyl (C=O) groups excluding carboxylic acids is 2. The van der Waals surface area contributed by atoms with Gasteiger partial charge in [0.1, 0.15) is 5.82 Å². The fourth-order valence-corrected chi connectivity index (χ4v) is 3.24. The van der Waals surface area contributed by atoms with Gasteiger partial charge >= 0.3 is 6.03 Å². The molecule has 3 N–H and O–H groups in total. The van der Waals surface area contributed by atoms with Crippen molar-refractivity contribution in [2.24, 2.45) is 0 Å². The standard InChI is InChI=1S/C18H22FN5O2/c1-2-20-18(26)22-15-10-21-23-16(15)13-6-4-8-24(11-13)17(25)12-5-3-7-14(19)9-12/h3,5,7,9-10,13H,2,4,6,8,11H2,1H3,(H,21,23)(H2,20,22,26)/t13-/m1/s1. The predicted molar refractivity (Wildman–Crippen MR) is 95.6 cm³/mol. The van der Waals surface area contributed by atoms with Crippen LogP contribution in [0.25, 0.3) is 0 Å². The molecule has 0 spiro atoms. The Balaban J connectivity index is 1.72. The van der Waals surface area contributed by atoms with E-state index in [0.717, 1.165) is 18.5 Å². The van der Waals surface area contributed by atoms with Crippen molar-refractivity contribution < 1.29 is 14.0 Å². The molecule has 0 unspecified atom stereocenters. The van der Waals surface area contributed by atoms with Crippen molar-refractivity contribution in [1.82, 2.24) is 20.4 Å². The highest BCUT2D eigenvalue weighted by Gasteiger charge is 2.28. The highest BCUT2D eigenvalue weighted by molar-refractivity contribution is 5.94. The van der Waals surface area contributed by atoms with Crippen molar-refractivity contribution in [3.8, 4) is 0 Å². The quantitative estimate of drug-likeness (QED) is 0.784. The first-order valence-electron chi connectivity index (χ1n) is 8.71. The second kappa shape index (κ2) is 7.99. The number of halogens is 1. The molecule has 1 atom stereocenters. The normalized spacial score (nSPS) is 17.0. The predicted octanol–water partition coefficient (Wildman–Crippen LogP) is 2.71. The lowest BCUT2D eigenvalue weighted by atomic mass is 9.93. The SMILES string of the molecule is CCNC(=O)Nc1cn[nH]c1[C@@H]1CCCN(C(=O)c2cccc(F)c2)C1. The van der Waals surface area contributed by atoms with Crippen LogP contribution in [0.2, 0.25) is 0 Å². The van der Waals surface area contributed by atoms with Crippen molar-refractivity contribution in [3.63, 3.8) is 0 Å². The number of carbonyl (C=O) groups is 2. The van der Waals surface area contributed by atoms with E-state index < -0.39 is 5.82 Å². The number of H-pyrrole nitrogens is 1. The molecule has 3 amide bonds. The van der Waals surface area contributed by atoms with Gasteiger partial charge in [0.25, 0.3) is 5.91 Å². The Labute approximate surface area is 151 Å². The van der Waals surface area contributed by atoms with Gasteiger partial charge < -0.3 is 15.5 Å². The first-order valence-corrected chi connectivity index (χ1v) is 8.71. The second-order valence-corrected chi connectivity index (χ2v) is 6.28. The summed E-state index contributed by atoms with van der Waals surface area (Å²) in [6, 6.07) is 5.43. The number of aromatic nitrogens is 2. The van der Waals surface area contributed by atoms with Crippen molar-refractivity contribution >= 4 is 17.6 Å². The zero-order chi connectivity index (χ0) is 18.5. The number of nitrogens with zero attached hydrogens (tertiary/aromatic N) is 2. The van der Waals surface area contributed by atoms with Crippen LogP contribution in [0.15, 0.2) is 30.5 Å².